The van der Waals surface area contributed by atoms with Gasteiger partial charge in [0.15, 0.2) is 0 Å². The number of hydrogen-bond acceptors (Lipinski definition) is 2. The lowest BCUT2D eigenvalue weighted by Gasteiger charge is -2.06. The molecule has 1 rings (SSSR count). The molecular formula is C18H29O2. The normalized spacial score (nSPS) is 10.7. The Balaban J connectivity index is 1.85. The first-order chi connectivity index (χ1) is 9.83. The summed E-state index contributed by atoms with van der Waals surface area (Å²) in [5.41, 5.74) is 0. The second kappa shape index (κ2) is 11.6. The van der Waals surface area contributed by atoms with E-state index >= 15 is 0 Å². The zero-order chi connectivity index (χ0) is 14.5. The van der Waals surface area contributed by atoms with Crippen LogP contribution in [0.4, 0.5) is 0 Å². The molecule has 0 atom stereocenters. The molecule has 0 unspecified atom stereocenters. The minimum Gasteiger partial charge on any atom is -0.507 e. The smallest absolute Gasteiger partial charge is 0.127 e. The maximum atomic E-state index is 9.25. The standard InChI is InChI=1S/C18H29O2/c1-2-3-4-5-6-7-8-9-10-11-15-20-18-14-12-13-17(19)16-18/h12,14,16,19H,2-11,15H2,1H3. The zero-order valence-electron chi connectivity index (χ0n) is 12.9. The van der Waals surface area contributed by atoms with E-state index in [0.29, 0.717) is 0 Å². The van der Waals surface area contributed by atoms with Crippen LogP contribution in [0.1, 0.15) is 71.1 Å². The van der Waals surface area contributed by atoms with Gasteiger partial charge in [-0.1, -0.05) is 64.7 Å². The van der Waals surface area contributed by atoms with Crippen molar-refractivity contribution in [1.82, 2.24) is 0 Å². The highest BCUT2D eigenvalue weighted by Crippen LogP contribution is 2.17. The van der Waals surface area contributed by atoms with Crippen molar-refractivity contribution in [2.75, 3.05) is 6.61 Å². The van der Waals surface area contributed by atoms with Crippen molar-refractivity contribution in [2.24, 2.45) is 0 Å². The Morgan fingerprint density at radius 1 is 0.950 bits per heavy atom. The van der Waals surface area contributed by atoms with Crippen LogP contribution in [0.3, 0.4) is 0 Å². The van der Waals surface area contributed by atoms with Crippen molar-refractivity contribution in [1.29, 1.82) is 0 Å². The van der Waals surface area contributed by atoms with E-state index < -0.39 is 0 Å². The Morgan fingerprint density at radius 3 is 2.15 bits per heavy atom. The number of benzene rings is 1. The second-order valence-electron chi connectivity index (χ2n) is 5.44. The predicted octanol–water partition coefficient (Wildman–Crippen LogP) is 5.49. The lowest BCUT2D eigenvalue weighted by Crippen LogP contribution is -1.97. The molecule has 0 aromatic heterocycles. The second-order valence-corrected chi connectivity index (χ2v) is 5.44. The van der Waals surface area contributed by atoms with Crippen molar-refractivity contribution in [3.05, 3.63) is 24.3 Å². The molecule has 0 aliphatic heterocycles. The molecule has 0 aliphatic rings. The lowest BCUT2D eigenvalue weighted by molar-refractivity contribution is 0.302. The van der Waals surface area contributed by atoms with Crippen LogP contribution < -0.4 is 4.74 Å². The average molecular weight is 277 g/mol. The molecule has 0 saturated heterocycles. The topological polar surface area (TPSA) is 29.5 Å². The number of phenolic OH excluding ortho intramolecular Hbond substituents is 1. The summed E-state index contributed by atoms with van der Waals surface area (Å²) in [6.07, 6.45) is 13.3. The molecule has 0 heterocycles. The zero-order valence-corrected chi connectivity index (χ0v) is 12.9. The molecule has 1 aromatic rings. The SMILES string of the molecule is CCCCCCCCCCCCOc1cc[c]c(O)c1. The van der Waals surface area contributed by atoms with Gasteiger partial charge in [0.1, 0.15) is 11.5 Å². The van der Waals surface area contributed by atoms with Gasteiger partial charge in [-0.05, 0) is 18.6 Å². The van der Waals surface area contributed by atoms with Crippen molar-refractivity contribution < 1.29 is 9.84 Å². The number of aromatic hydroxyl groups is 1. The fourth-order valence-corrected chi connectivity index (χ4v) is 2.30. The molecule has 2 nitrogen and oxygen atoms in total. The van der Waals surface area contributed by atoms with E-state index in [1.165, 1.54) is 57.8 Å². The molecule has 1 aromatic carbocycles. The van der Waals surface area contributed by atoms with E-state index in [4.69, 9.17) is 4.74 Å². The van der Waals surface area contributed by atoms with Gasteiger partial charge in [-0.25, -0.2) is 0 Å². The summed E-state index contributed by atoms with van der Waals surface area (Å²) in [6.45, 7) is 3.00. The van der Waals surface area contributed by atoms with Crippen molar-refractivity contribution >= 4 is 0 Å². The molecule has 0 saturated carbocycles. The molecular weight excluding hydrogens is 248 g/mol. The molecule has 0 amide bonds. The Hall–Kier alpha value is -1.18. The van der Waals surface area contributed by atoms with Crippen LogP contribution in [0, 0.1) is 6.07 Å². The molecule has 113 valence electrons. The lowest BCUT2D eigenvalue weighted by atomic mass is 10.1. The molecule has 0 fully saturated rings. The van der Waals surface area contributed by atoms with Crippen LogP contribution in [0.15, 0.2) is 18.2 Å². The highest BCUT2D eigenvalue weighted by molar-refractivity contribution is 5.30. The number of phenols is 1. The van der Waals surface area contributed by atoms with Gasteiger partial charge in [-0.2, -0.15) is 0 Å². The summed E-state index contributed by atoms with van der Waals surface area (Å²) in [4.78, 5) is 0. The van der Waals surface area contributed by atoms with Gasteiger partial charge in [-0.15, -0.1) is 0 Å². The van der Waals surface area contributed by atoms with Crippen LogP contribution in [-0.2, 0) is 0 Å². The molecule has 2 heteroatoms. The van der Waals surface area contributed by atoms with Gasteiger partial charge in [0.2, 0.25) is 0 Å². The van der Waals surface area contributed by atoms with E-state index in [2.05, 4.69) is 13.0 Å². The summed E-state index contributed by atoms with van der Waals surface area (Å²) in [6, 6.07) is 7.81. The van der Waals surface area contributed by atoms with Gasteiger partial charge in [0.05, 0.1) is 6.61 Å². The number of ether oxygens (including phenoxy) is 1. The molecule has 1 radical (unpaired) electrons. The van der Waals surface area contributed by atoms with Crippen molar-refractivity contribution in [3.63, 3.8) is 0 Å². The third kappa shape index (κ3) is 8.84. The third-order valence-corrected chi connectivity index (χ3v) is 3.52. The van der Waals surface area contributed by atoms with Crippen molar-refractivity contribution in [2.45, 2.75) is 71.1 Å². The highest BCUT2D eigenvalue weighted by Gasteiger charge is 1.96. The van der Waals surface area contributed by atoms with Crippen LogP contribution in [0.25, 0.3) is 0 Å². The first-order valence-electron chi connectivity index (χ1n) is 8.16. The fraction of sp³-hybridized carbons (Fsp3) is 0.667. The Labute approximate surface area is 124 Å². The average Bonchev–Trinajstić information content (AvgIpc) is 2.45. The van der Waals surface area contributed by atoms with Crippen LogP contribution in [0.5, 0.6) is 11.5 Å². The summed E-state index contributed by atoms with van der Waals surface area (Å²) in [5, 5.41) is 9.25. The highest BCUT2D eigenvalue weighted by atomic mass is 16.5. The molecule has 20 heavy (non-hydrogen) atoms. The molecule has 0 bridgehead atoms. The van der Waals surface area contributed by atoms with Crippen LogP contribution in [0.2, 0.25) is 0 Å². The predicted molar refractivity (Wildman–Crippen MR) is 84.3 cm³/mol. The summed E-state index contributed by atoms with van der Waals surface area (Å²) in [5.74, 6) is 0.878. The fourth-order valence-electron chi connectivity index (χ4n) is 2.30. The van der Waals surface area contributed by atoms with Gasteiger partial charge < -0.3 is 9.84 Å². The molecule has 0 spiro atoms. The summed E-state index contributed by atoms with van der Waals surface area (Å²) >= 11 is 0. The summed E-state index contributed by atoms with van der Waals surface area (Å²) in [7, 11) is 0. The Morgan fingerprint density at radius 2 is 1.55 bits per heavy atom. The van der Waals surface area contributed by atoms with E-state index in [0.717, 1.165) is 18.8 Å². The maximum Gasteiger partial charge on any atom is 0.127 e. The van der Waals surface area contributed by atoms with Crippen LogP contribution in [-0.4, -0.2) is 11.7 Å². The number of rotatable bonds is 12. The molecule has 0 aliphatic carbocycles. The van der Waals surface area contributed by atoms with Gasteiger partial charge >= 0.3 is 0 Å². The van der Waals surface area contributed by atoms with Crippen molar-refractivity contribution in [3.8, 4) is 11.5 Å². The Bertz CT molecular complexity index is 336. The van der Waals surface area contributed by atoms with E-state index in [-0.39, 0.29) is 5.75 Å². The van der Waals surface area contributed by atoms with Gasteiger partial charge in [0, 0.05) is 12.1 Å². The number of unbranched alkanes of at least 4 members (excludes halogenated alkanes) is 9. The van der Waals surface area contributed by atoms with Gasteiger partial charge in [0.25, 0.3) is 0 Å². The largest absolute Gasteiger partial charge is 0.507 e. The summed E-state index contributed by atoms with van der Waals surface area (Å²) < 4.78 is 5.58. The first-order valence-corrected chi connectivity index (χ1v) is 8.16. The maximum absolute atomic E-state index is 9.25. The minimum absolute atomic E-state index is 0.144. The Kier molecular flexibility index (Phi) is 9.81. The van der Waals surface area contributed by atoms with Gasteiger partial charge in [-0.3, -0.25) is 0 Å². The first kappa shape index (κ1) is 16.9. The quantitative estimate of drug-likeness (QED) is 0.512. The molecule has 1 N–H and O–H groups in total. The van der Waals surface area contributed by atoms with E-state index in [9.17, 15) is 5.11 Å². The van der Waals surface area contributed by atoms with E-state index in [1.807, 2.05) is 6.07 Å². The third-order valence-electron chi connectivity index (χ3n) is 3.52. The van der Waals surface area contributed by atoms with Crippen LogP contribution >= 0.6 is 0 Å². The van der Waals surface area contributed by atoms with E-state index in [1.54, 1.807) is 12.1 Å². The number of hydrogen-bond donors (Lipinski definition) is 1. The monoisotopic (exact) mass is 277 g/mol. The minimum atomic E-state index is 0.144.